The van der Waals surface area contributed by atoms with Crippen LogP contribution in [0.3, 0.4) is 0 Å². The van der Waals surface area contributed by atoms with E-state index >= 15 is 0 Å². The highest BCUT2D eigenvalue weighted by molar-refractivity contribution is 6.19. The van der Waals surface area contributed by atoms with Crippen molar-refractivity contribution in [2.75, 3.05) is 0 Å². The molecular weight excluding hydrogens is 248 g/mol. The molecule has 8 heteroatoms. The summed E-state index contributed by atoms with van der Waals surface area (Å²) in [4.78, 5) is 44.1. The van der Waals surface area contributed by atoms with E-state index in [2.05, 4.69) is 4.74 Å². The number of carboxylic acids is 2. The summed E-state index contributed by atoms with van der Waals surface area (Å²) in [6.07, 6.45) is 0. The molecule has 2 rings (SSSR count). The Kier molecular flexibility index (Phi) is 2.29. The zero-order chi connectivity index (χ0) is 13.6. The Balaban J connectivity index is 2.89. The van der Waals surface area contributed by atoms with Crippen molar-refractivity contribution in [3.8, 4) is 5.75 Å². The van der Waals surface area contributed by atoms with Gasteiger partial charge in [0.05, 0.1) is 11.1 Å². The van der Waals surface area contributed by atoms with Gasteiger partial charge >= 0.3 is 23.9 Å². The second kappa shape index (κ2) is 3.55. The van der Waals surface area contributed by atoms with Crippen molar-refractivity contribution in [3.63, 3.8) is 0 Å². The van der Waals surface area contributed by atoms with E-state index in [4.69, 9.17) is 10.2 Å². The fourth-order valence-corrected chi connectivity index (χ4v) is 1.61. The van der Waals surface area contributed by atoms with Crippen molar-refractivity contribution in [1.29, 1.82) is 0 Å². The first-order valence-corrected chi connectivity index (χ1v) is 4.47. The van der Waals surface area contributed by atoms with E-state index < -0.39 is 51.9 Å². The summed E-state index contributed by atoms with van der Waals surface area (Å²) in [5, 5.41) is 27.2. The summed E-state index contributed by atoms with van der Waals surface area (Å²) >= 11 is 0. The van der Waals surface area contributed by atoms with Crippen LogP contribution >= 0.6 is 0 Å². The summed E-state index contributed by atoms with van der Waals surface area (Å²) in [5.41, 5.74) is -2.87. The predicted molar refractivity (Wildman–Crippen MR) is 51.8 cm³/mol. The normalized spacial score (nSPS) is 13.1. The van der Waals surface area contributed by atoms with Crippen LogP contribution in [-0.2, 0) is 4.74 Å². The molecular formula is C10H4O8. The number of benzene rings is 1. The van der Waals surface area contributed by atoms with Gasteiger partial charge in [-0.3, -0.25) is 0 Å². The van der Waals surface area contributed by atoms with Crippen LogP contribution in [0.15, 0.2) is 6.07 Å². The molecule has 3 N–H and O–H groups in total. The number of esters is 2. The van der Waals surface area contributed by atoms with Crippen molar-refractivity contribution in [2.45, 2.75) is 0 Å². The molecule has 0 amide bonds. The van der Waals surface area contributed by atoms with Crippen LogP contribution in [0.25, 0.3) is 0 Å². The molecule has 1 heterocycles. The first-order chi connectivity index (χ1) is 8.34. The van der Waals surface area contributed by atoms with E-state index in [-0.39, 0.29) is 0 Å². The van der Waals surface area contributed by atoms with E-state index in [0.29, 0.717) is 6.07 Å². The van der Waals surface area contributed by atoms with Gasteiger partial charge in [-0.1, -0.05) is 0 Å². The first-order valence-electron chi connectivity index (χ1n) is 4.47. The maximum atomic E-state index is 11.2. The predicted octanol–water partition coefficient (Wildman–Crippen LogP) is 0.0992. The molecule has 1 aromatic carbocycles. The van der Waals surface area contributed by atoms with Crippen molar-refractivity contribution in [2.24, 2.45) is 0 Å². The quantitative estimate of drug-likeness (QED) is 0.497. The number of aromatic hydroxyl groups is 1. The minimum absolute atomic E-state index is 0.472. The fourth-order valence-electron chi connectivity index (χ4n) is 1.61. The zero-order valence-electron chi connectivity index (χ0n) is 8.46. The van der Waals surface area contributed by atoms with Crippen molar-refractivity contribution in [3.05, 3.63) is 28.3 Å². The third-order valence-corrected chi connectivity index (χ3v) is 2.35. The maximum absolute atomic E-state index is 11.2. The third kappa shape index (κ3) is 1.39. The lowest BCUT2D eigenvalue weighted by atomic mass is 9.98. The second-order valence-electron chi connectivity index (χ2n) is 3.36. The SMILES string of the molecule is O=C(O)c1cc2c(c(O)c1C(=O)O)C(=O)OC2=O. The number of carbonyl (C=O) groups is 4. The van der Waals surface area contributed by atoms with Gasteiger partial charge in [-0.25, -0.2) is 19.2 Å². The molecule has 1 aliphatic heterocycles. The molecule has 1 aliphatic rings. The maximum Gasteiger partial charge on any atom is 0.350 e. The smallest absolute Gasteiger partial charge is 0.350 e. The average molecular weight is 252 g/mol. The molecule has 0 aliphatic carbocycles. The first kappa shape index (κ1) is 11.6. The number of hydrogen-bond donors (Lipinski definition) is 3. The lowest BCUT2D eigenvalue weighted by Gasteiger charge is -2.06. The van der Waals surface area contributed by atoms with Crippen molar-refractivity contribution in [1.82, 2.24) is 0 Å². The number of ether oxygens (including phenoxy) is 1. The van der Waals surface area contributed by atoms with Gasteiger partial charge in [0.15, 0.2) is 0 Å². The van der Waals surface area contributed by atoms with E-state index in [1.807, 2.05) is 0 Å². The summed E-state index contributed by atoms with van der Waals surface area (Å²) < 4.78 is 4.16. The molecule has 0 unspecified atom stereocenters. The lowest BCUT2D eigenvalue weighted by molar-refractivity contribution is 0.0442. The number of phenols is 1. The monoisotopic (exact) mass is 252 g/mol. The van der Waals surface area contributed by atoms with Gasteiger partial charge in [0.1, 0.15) is 16.9 Å². The number of rotatable bonds is 2. The molecule has 0 bridgehead atoms. The van der Waals surface area contributed by atoms with E-state index in [1.165, 1.54) is 0 Å². The third-order valence-electron chi connectivity index (χ3n) is 2.35. The number of carbonyl (C=O) groups excluding carboxylic acids is 2. The lowest BCUT2D eigenvalue weighted by Crippen LogP contribution is -2.11. The van der Waals surface area contributed by atoms with Crippen LogP contribution in [0.4, 0.5) is 0 Å². The van der Waals surface area contributed by atoms with Gasteiger partial charge in [0, 0.05) is 0 Å². The molecule has 18 heavy (non-hydrogen) atoms. The van der Waals surface area contributed by atoms with Crippen LogP contribution in [0.2, 0.25) is 0 Å². The molecule has 0 saturated heterocycles. The highest BCUT2D eigenvalue weighted by Crippen LogP contribution is 2.34. The number of carboxylic acid groups (broad SMARTS) is 2. The summed E-state index contributed by atoms with van der Waals surface area (Å²) in [6, 6.07) is 0.689. The molecule has 1 aromatic rings. The largest absolute Gasteiger partial charge is 0.506 e. The van der Waals surface area contributed by atoms with Crippen LogP contribution < -0.4 is 0 Å². The van der Waals surface area contributed by atoms with Gasteiger partial charge in [-0.2, -0.15) is 0 Å². The van der Waals surface area contributed by atoms with Crippen molar-refractivity contribution < 1.29 is 39.2 Å². The van der Waals surface area contributed by atoms with Crippen molar-refractivity contribution >= 4 is 23.9 Å². The van der Waals surface area contributed by atoms with Gasteiger partial charge in [-0.05, 0) is 6.07 Å². The van der Waals surface area contributed by atoms with Crippen LogP contribution in [0.1, 0.15) is 41.4 Å². The highest BCUT2D eigenvalue weighted by atomic mass is 16.6. The van der Waals surface area contributed by atoms with Gasteiger partial charge in [0.2, 0.25) is 0 Å². The zero-order valence-corrected chi connectivity index (χ0v) is 8.46. The molecule has 0 atom stereocenters. The Morgan fingerprint density at radius 3 is 2.17 bits per heavy atom. The Morgan fingerprint density at radius 1 is 1.06 bits per heavy atom. The van der Waals surface area contributed by atoms with Crippen LogP contribution in [0, 0.1) is 0 Å². The van der Waals surface area contributed by atoms with Gasteiger partial charge < -0.3 is 20.1 Å². The molecule has 0 radical (unpaired) electrons. The fraction of sp³-hybridized carbons (Fsp3) is 0. The summed E-state index contributed by atoms with van der Waals surface area (Å²) in [7, 11) is 0. The minimum atomic E-state index is -1.74. The molecule has 0 spiro atoms. The molecule has 92 valence electrons. The Hall–Kier alpha value is -2.90. The van der Waals surface area contributed by atoms with Crippen LogP contribution in [0.5, 0.6) is 5.75 Å². The minimum Gasteiger partial charge on any atom is -0.506 e. The molecule has 0 aromatic heterocycles. The Labute approximate surface area is 98.0 Å². The summed E-state index contributed by atoms with van der Waals surface area (Å²) in [6.45, 7) is 0. The highest BCUT2D eigenvalue weighted by Gasteiger charge is 2.38. The summed E-state index contributed by atoms with van der Waals surface area (Å²) in [5.74, 6) is -6.83. The van der Waals surface area contributed by atoms with Crippen LogP contribution in [-0.4, -0.2) is 39.2 Å². The number of fused-ring (bicyclic) bond motifs is 1. The van der Waals surface area contributed by atoms with Gasteiger partial charge in [0.25, 0.3) is 0 Å². The van der Waals surface area contributed by atoms with E-state index in [0.717, 1.165) is 0 Å². The number of cyclic esters (lactones) is 2. The number of aromatic carboxylic acids is 2. The Bertz CT molecular complexity index is 627. The standard InChI is InChI=1S/C10H4O8/c11-6-4(8(14)15)2(7(12)13)1-3-5(6)10(17)18-9(3)16/h1,11H,(H,12,13)(H,14,15). The second-order valence-corrected chi connectivity index (χ2v) is 3.36. The van der Waals surface area contributed by atoms with Gasteiger partial charge in [-0.15, -0.1) is 0 Å². The molecule has 0 fully saturated rings. The average Bonchev–Trinajstić information content (AvgIpc) is 2.53. The van der Waals surface area contributed by atoms with E-state index in [1.54, 1.807) is 0 Å². The topological polar surface area (TPSA) is 138 Å². The molecule has 8 nitrogen and oxygen atoms in total. The van der Waals surface area contributed by atoms with E-state index in [9.17, 15) is 24.3 Å². The molecule has 0 saturated carbocycles. The Morgan fingerprint density at radius 2 is 1.67 bits per heavy atom. The number of hydrogen-bond acceptors (Lipinski definition) is 6.